The summed E-state index contributed by atoms with van der Waals surface area (Å²) in [7, 11) is -3.66. The van der Waals surface area contributed by atoms with Gasteiger partial charge >= 0.3 is 0 Å². The van der Waals surface area contributed by atoms with Crippen LogP contribution >= 0.6 is 0 Å². The Bertz CT molecular complexity index is 1080. The van der Waals surface area contributed by atoms with E-state index in [0.29, 0.717) is 16.9 Å². The fourth-order valence-corrected chi connectivity index (χ4v) is 3.92. The molecule has 3 aromatic rings. The molecule has 0 aliphatic carbocycles. The number of amides is 1. The van der Waals surface area contributed by atoms with Crippen molar-refractivity contribution in [1.29, 1.82) is 0 Å². The molecule has 0 atom stereocenters. The first kappa shape index (κ1) is 19.6. The number of benzene rings is 3. The van der Waals surface area contributed by atoms with Gasteiger partial charge in [0.05, 0.1) is 4.90 Å². The molecule has 0 aromatic heterocycles. The van der Waals surface area contributed by atoms with Gasteiger partial charge in [-0.1, -0.05) is 34.9 Å². The highest BCUT2D eigenvalue weighted by Crippen LogP contribution is 2.19. The van der Waals surface area contributed by atoms with Crippen LogP contribution in [0.5, 0.6) is 0 Å². The third kappa shape index (κ3) is 4.78. The normalized spacial score (nSPS) is 11.1. The van der Waals surface area contributed by atoms with Crippen LogP contribution in [-0.2, 0) is 10.0 Å². The number of nitrogens with one attached hydrogen (secondary N) is 2. The Morgan fingerprint density at radius 3 is 1.82 bits per heavy atom. The van der Waals surface area contributed by atoms with E-state index >= 15 is 0 Å². The zero-order chi connectivity index (χ0) is 20.3. The van der Waals surface area contributed by atoms with Crippen molar-refractivity contribution in [1.82, 2.24) is 0 Å². The molecule has 144 valence electrons. The monoisotopic (exact) mass is 394 g/mol. The summed E-state index contributed by atoms with van der Waals surface area (Å²) in [4.78, 5) is 12.6. The van der Waals surface area contributed by atoms with Gasteiger partial charge in [0.1, 0.15) is 0 Å². The molecular formula is C22H22N2O3S. The lowest BCUT2D eigenvalue weighted by Crippen LogP contribution is -2.14. The predicted octanol–water partition coefficient (Wildman–Crippen LogP) is 4.66. The van der Waals surface area contributed by atoms with Crippen molar-refractivity contribution in [2.24, 2.45) is 0 Å². The average Bonchev–Trinajstić information content (AvgIpc) is 2.62. The van der Waals surface area contributed by atoms with Gasteiger partial charge in [0.2, 0.25) is 0 Å². The van der Waals surface area contributed by atoms with Gasteiger partial charge < -0.3 is 5.32 Å². The maximum absolute atomic E-state index is 12.4. The molecule has 0 heterocycles. The highest BCUT2D eigenvalue weighted by Gasteiger charge is 2.14. The summed E-state index contributed by atoms with van der Waals surface area (Å²) in [5, 5.41) is 2.82. The van der Waals surface area contributed by atoms with E-state index in [1.165, 1.54) is 0 Å². The largest absolute Gasteiger partial charge is 0.322 e. The molecule has 0 fully saturated rings. The van der Waals surface area contributed by atoms with E-state index in [4.69, 9.17) is 0 Å². The smallest absolute Gasteiger partial charge is 0.261 e. The number of rotatable bonds is 5. The number of carbonyl (C=O) groups excluding carboxylic acids is 1. The Labute approximate surface area is 165 Å². The van der Waals surface area contributed by atoms with Crippen LogP contribution in [0.25, 0.3) is 0 Å². The lowest BCUT2D eigenvalue weighted by atomic mass is 10.1. The maximum Gasteiger partial charge on any atom is 0.261 e. The molecule has 0 saturated heterocycles. The van der Waals surface area contributed by atoms with Crippen LogP contribution in [0, 0.1) is 20.8 Å². The lowest BCUT2D eigenvalue weighted by Gasteiger charge is -2.10. The summed E-state index contributed by atoms with van der Waals surface area (Å²) in [6.45, 7) is 5.78. The lowest BCUT2D eigenvalue weighted by molar-refractivity contribution is 0.102. The van der Waals surface area contributed by atoms with Gasteiger partial charge in [0.15, 0.2) is 0 Å². The van der Waals surface area contributed by atoms with Crippen molar-refractivity contribution < 1.29 is 13.2 Å². The molecule has 0 aliphatic rings. The van der Waals surface area contributed by atoms with Gasteiger partial charge in [-0.25, -0.2) is 8.42 Å². The molecule has 3 rings (SSSR count). The molecule has 6 heteroatoms. The molecule has 2 N–H and O–H groups in total. The van der Waals surface area contributed by atoms with Gasteiger partial charge in [0, 0.05) is 16.9 Å². The first-order chi connectivity index (χ1) is 13.2. The number of anilines is 2. The number of carbonyl (C=O) groups is 1. The van der Waals surface area contributed by atoms with Crippen LogP contribution in [0.4, 0.5) is 11.4 Å². The summed E-state index contributed by atoms with van der Waals surface area (Å²) >= 11 is 0. The van der Waals surface area contributed by atoms with Crippen molar-refractivity contribution in [3.05, 3.63) is 89.0 Å². The predicted molar refractivity (Wildman–Crippen MR) is 112 cm³/mol. The summed E-state index contributed by atoms with van der Waals surface area (Å²) in [5.74, 6) is -0.209. The van der Waals surface area contributed by atoms with Gasteiger partial charge in [-0.3, -0.25) is 9.52 Å². The first-order valence-electron chi connectivity index (χ1n) is 8.82. The Hall–Kier alpha value is -3.12. The Balaban J connectivity index is 1.71. The van der Waals surface area contributed by atoms with E-state index in [-0.39, 0.29) is 10.8 Å². The Morgan fingerprint density at radius 1 is 0.714 bits per heavy atom. The minimum absolute atomic E-state index is 0.199. The number of hydrogen-bond acceptors (Lipinski definition) is 3. The van der Waals surface area contributed by atoms with E-state index in [1.54, 1.807) is 48.5 Å². The molecule has 0 unspecified atom stereocenters. The van der Waals surface area contributed by atoms with Gasteiger partial charge in [-0.05, 0) is 69.3 Å². The number of hydrogen-bond donors (Lipinski definition) is 2. The van der Waals surface area contributed by atoms with E-state index in [2.05, 4.69) is 10.0 Å². The second-order valence-corrected chi connectivity index (χ2v) is 8.51. The fourth-order valence-electron chi connectivity index (χ4n) is 2.86. The molecule has 0 aliphatic heterocycles. The van der Waals surface area contributed by atoms with Gasteiger partial charge in [-0.15, -0.1) is 0 Å². The van der Waals surface area contributed by atoms with E-state index in [1.807, 2.05) is 39.0 Å². The summed E-state index contributed by atoms with van der Waals surface area (Å²) in [5.41, 5.74) is 4.62. The zero-order valence-electron chi connectivity index (χ0n) is 16.0. The van der Waals surface area contributed by atoms with Crippen molar-refractivity contribution >= 4 is 27.3 Å². The highest BCUT2D eigenvalue weighted by molar-refractivity contribution is 7.92. The molecule has 0 radical (unpaired) electrons. The van der Waals surface area contributed by atoms with Crippen molar-refractivity contribution in [2.75, 3.05) is 10.0 Å². The topological polar surface area (TPSA) is 75.3 Å². The van der Waals surface area contributed by atoms with Crippen LogP contribution in [0.1, 0.15) is 27.0 Å². The third-order valence-electron chi connectivity index (χ3n) is 4.21. The molecule has 3 aromatic carbocycles. The summed E-state index contributed by atoms with van der Waals surface area (Å²) < 4.78 is 27.4. The second-order valence-electron chi connectivity index (χ2n) is 6.83. The summed E-state index contributed by atoms with van der Waals surface area (Å²) in [6.07, 6.45) is 0. The molecule has 0 saturated carbocycles. The van der Waals surface area contributed by atoms with Crippen LogP contribution in [-0.4, -0.2) is 14.3 Å². The molecule has 28 heavy (non-hydrogen) atoms. The quantitative estimate of drug-likeness (QED) is 0.661. The van der Waals surface area contributed by atoms with Crippen LogP contribution in [0.3, 0.4) is 0 Å². The van der Waals surface area contributed by atoms with Crippen molar-refractivity contribution in [3.8, 4) is 0 Å². The standard InChI is InChI=1S/C22H22N2O3S/c1-15-4-10-21(11-5-15)28(26,27)24-20-8-6-19(7-9-20)23-22(25)18-13-16(2)12-17(3)14-18/h4-14,24H,1-3H3,(H,23,25). The number of aryl methyl sites for hydroxylation is 3. The Morgan fingerprint density at radius 2 is 1.25 bits per heavy atom. The van der Waals surface area contributed by atoms with Crippen molar-refractivity contribution in [2.45, 2.75) is 25.7 Å². The average molecular weight is 394 g/mol. The van der Waals surface area contributed by atoms with Crippen LogP contribution < -0.4 is 10.0 Å². The molecule has 5 nitrogen and oxygen atoms in total. The summed E-state index contributed by atoms with van der Waals surface area (Å²) in [6, 6.07) is 18.8. The maximum atomic E-state index is 12.4. The van der Waals surface area contributed by atoms with Crippen molar-refractivity contribution in [3.63, 3.8) is 0 Å². The molecule has 1 amide bonds. The second kappa shape index (κ2) is 7.86. The van der Waals surface area contributed by atoms with Crippen LogP contribution in [0.2, 0.25) is 0 Å². The number of sulfonamides is 1. The minimum atomic E-state index is -3.66. The van der Waals surface area contributed by atoms with Gasteiger partial charge in [0.25, 0.3) is 15.9 Å². The van der Waals surface area contributed by atoms with Gasteiger partial charge in [-0.2, -0.15) is 0 Å². The van der Waals surface area contributed by atoms with E-state index in [0.717, 1.165) is 16.7 Å². The van der Waals surface area contributed by atoms with E-state index in [9.17, 15) is 13.2 Å². The first-order valence-corrected chi connectivity index (χ1v) is 10.3. The van der Waals surface area contributed by atoms with Crippen LogP contribution in [0.15, 0.2) is 71.6 Å². The fraction of sp³-hybridized carbons (Fsp3) is 0.136. The molecule has 0 bridgehead atoms. The molecule has 0 spiro atoms. The third-order valence-corrected chi connectivity index (χ3v) is 5.61. The van der Waals surface area contributed by atoms with E-state index < -0.39 is 10.0 Å². The minimum Gasteiger partial charge on any atom is -0.322 e. The zero-order valence-corrected chi connectivity index (χ0v) is 16.8. The molecular weight excluding hydrogens is 372 g/mol. The highest BCUT2D eigenvalue weighted by atomic mass is 32.2. The SMILES string of the molecule is Cc1ccc(S(=O)(=O)Nc2ccc(NC(=O)c3cc(C)cc(C)c3)cc2)cc1. The Kier molecular flexibility index (Phi) is 5.51.